The summed E-state index contributed by atoms with van der Waals surface area (Å²) in [6, 6.07) is 0. The van der Waals surface area contributed by atoms with Gasteiger partial charge in [-0.1, -0.05) is 0 Å². The Morgan fingerprint density at radius 2 is 0.571 bits per heavy atom. The largest absolute Gasteiger partial charge is 4.00 e. The molecule has 0 amide bonds. The molecule has 4 nitrogen and oxygen atoms in total. The maximum absolute atomic E-state index is 0. The smallest absolute Gasteiger partial charge is 2.00 e. The Bertz CT molecular complexity index is 11.7. The first-order chi connectivity index (χ1) is 0. The average Bonchev–Trinajstić information content (AvgIpc) is 0. The number of hydrogen-bond donors (Lipinski definition) is 0. The third kappa shape index (κ3) is 89.4. The number of hydrogen-bond acceptors (Lipinski definition) is 0. The van der Waals surface area contributed by atoms with Crippen molar-refractivity contribution in [1.82, 2.24) is 0 Å². The SMILES string of the molecule is [O-2].[O-2].[O-2].[O-2].[Si+4].[Ti+4].[Zr+4]. The fourth-order valence-electron chi connectivity index (χ4n) is 0. The molecule has 0 aromatic heterocycles. The van der Waals surface area contributed by atoms with E-state index in [1.54, 1.807) is 0 Å². The molecule has 0 aromatic rings. The van der Waals surface area contributed by atoms with E-state index in [9.17, 15) is 0 Å². The summed E-state index contributed by atoms with van der Waals surface area (Å²) in [5.74, 6) is 0. The molecule has 0 radical (unpaired) electrons. The molecule has 0 unspecified atom stereocenters. The van der Waals surface area contributed by atoms with Crippen LogP contribution in [0.1, 0.15) is 0 Å². The molecule has 0 saturated carbocycles. The zero-order valence-corrected chi connectivity index (χ0v) is 8.15. The Hall–Kier alpha value is 1.65. The minimum absolute atomic E-state index is 0. The van der Waals surface area contributed by atoms with E-state index in [0.717, 1.165) is 0 Å². The zero-order valence-electron chi connectivity index (χ0n) is 3.13. The van der Waals surface area contributed by atoms with Crippen LogP contribution in [-0.2, 0) is 69.8 Å². The summed E-state index contributed by atoms with van der Waals surface area (Å²) >= 11 is 0. The van der Waals surface area contributed by atoms with Crippen molar-refractivity contribution in [1.29, 1.82) is 0 Å². The van der Waals surface area contributed by atoms with Crippen molar-refractivity contribution in [2.24, 2.45) is 0 Å². The first kappa shape index (κ1) is 185. The van der Waals surface area contributed by atoms with Crippen LogP contribution in [0.25, 0.3) is 0 Å². The first-order valence-electron chi connectivity index (χ1n) is 0. The Labute approximate surface area is 80.3 Å². The molecule has 0 aromatic carbocycles. The van der Waals surface area contributed by atoms with Gasteiger partial charge in [0.05, 0.1) is 0 Å². The van der Waals surface area contributed by atoms with E-state index in [0.29, 0.717) is 0 Å². The fourth-order valence-corrected chi connectivity index (χ4v) is 0. The molecule has 0 bridgehead atoms. The van der Waals surface area contributed by atoms with Crippen LogP contribution in [0.2, 0.25) is 0 Å². The summed E-state index contributed by atoms with van der Waals surface area (Å²) in [7, 11) is 0. The summed E-state index contributed by atoms with van der Waals surface area (Å²) in [4.78, 5) is 0. The van der Waals surface area contributed by atoms with E-state index >= 15 is 0 Å². The third-order valence-electron chi connectivity index (χ3n) is 0. The molecule has 0 rings (SSSR count). The van der Waals surface area contributed by atoms with Crippen molar-refractivity contribution < 1.29 is 69.8 Å². The van der Waals surface area contributed by atoms with Crippen LogP contribution < -0.4 is 0 Å². The van der Waals surface area contributed by atoms with Gasteiger partial charge in [-0.15, -0.1) is 0 Å². The van der Waals surface area contributed by atoms with Crippen LogP contribution >= 0.6 is 0 Å². The van der Waals surface area contributed by atoms with Gasteiger partial charge in [-0.2, -0.15) is 0 Å². The van der Waals surface area contributed by atoms with Gasteiger partial charge in [0.15, 0.2) is 0 Å². The second-order valence-electron chi connectivity index (χ2n) is 0. The minimum atomic E-state index is 0. The molecule has 0 saturated heterocycles. The van der Waals surface area contributed by atoms with Crippen LogP contribution in [0.15, 0.2) is 0 Å². The molecular formula is O4SiTiZr+4. The van der Waals surface area contributed by atoms with Crippen molar-refractivity contribution in [3.05, 3.63) is 0 Å². The number of rotatable bonds is 0. The minimum Gasteiger partial charge on any atom is -2.00 e. The van der Waals surface area contributed by atoms with Crippen molar-refractivity contribution in [2.45, 2.75) is 0 Å². The Balaban J connectivity index is 0. The maximum Gasteiger partial charge on any atom is 4.00 e. The molecule has 0 fully saturated rings. The van der Waals surface area contributed by atoms with Gasteiger partial charge in [0, 0.05) is 0 Å². The summed E-state index contributed by atoms with van der Waals surface area (Å²) in [5.41, 5.74) is 0. The summed E-state index contributed by atoms with van der Waals surface area (Å²) in [6.45, 7) is 0. The van der Waals surface area contributed by atoms with Crippen LogP contribution in [-0.4, -0.2) is 11.0 Å². The van der Waals surface area contributed by atoms with Crippen LogP contribution in [0.4, 0.5) is 0 Å². The third-order valence-corrected chi connectivity index (χ3v) is 0. The average molecular weight is 231 g/mol. The van der Waals surface area contributed by atoms with E-state index in [2.05, 4.69) is 0 Å². The molecule has 0 N–H and O–H groups in total. The molecule has 0 spiro atoms. The van der Waals surface area contributed by atoms with Gasteiger partial charge in [-0.05, 0) is 0 Å². The maximum atomic E-state index is 0. The molecular weight excluding hydrogens is 231 g/mol. The van der Waals surface area contributed by atoms with Gasteiger partial charge in [0.2, 0.25) is 0 Å². The Kier molecular flexibility index (Phi) is 3280. The monoisotopic (exact) mass is 230 g/mol. The predicted octanol–water partition coefficient (Wildman–Crippen LogP) is -0.861. The van der Waals surface area contributed by atoms with Crippen LogP contribution in [0, 0.1) is 0 Å². The quantitative estimate of drug-likeness (QED) is 0.483. The molecule has 0 heterocycles. The summed E-state index contributed by atoms with van der Waals surface area (Å²) in [5, 5.41) is 0. The van der Waals surface area contributed by atoms with Gasteiger partial charge >= 0.3 is 58.9 Å². The molecule has 32 valence electrons. The van der Waals surface area contributed by atoms with E-state index in [1.807, 2.05) is 0 Å². The van der Waals surface area contributed by atoms with E-state index in [-0.39, 0.29) is 80.8 Å². The van der Waals surface area contributed by atoms with Crippen LogP contribution in [0.5, 0.6) is 0 Å². The normalized spacial score (nSPS) is 0. The molecule has 0 aliphatic heterocycles. The predicted molar refractivity (Wildman–Crippen MR) is 8.50 cm³/mol. The van der Waals surface area contributed by atoms with Gasteiger partial charge < -0.3 is 21.9 Å². The van der Waals surface area contributed by atoms with Gasteiger partial charge in [0.1, 0.15) is 0 Å². The Morgan fingerprint density at radius 1 is 0.571 bits per heavy atom. The molecule has 0 atom stereocenters. The standard InChI is InChI=1S/4O.Si.Ti.Zr/q4*-2;3*+4. The van der Waals surface area contributed by atoms with Crippen molar-refractivity contribution >= 4 is 11.0 Å². The van der Waals surface area contributed by atoms with Crippen molar-refractivity contribution in [3.63, 3.8) is 0 Å². The van der Waals surface area contributed by atoms with Crippen molar-refractivity contribution in [2.75, 3.05) is 0 Å². The van der Waals surface area contributed by atoms with E-state index in [1.165, 1.54) is 0 Å². The van der Waals surface area contributed by atoms with Crippen molar-refractivity contribution in [3.8, 4) is 0 Å². The van der Waals surface area contributed by atoms with Gasteiger partial charge in [-0.3, -0.25) is 0 Å². The van der Waals surface area contributed by atoms with E-state index in [4.69, 9.17) is 0 Å². The molecule has 0 aliphatic rings. The second kappa shape index (κ2) is 124. The molecule has 7 heavy (non-hydrogen) atoms. The zero-order chi connectivity index (χ0) is 0. The fraction of sp³-hybridized carbons (Fsp3) is 0. The van der Waals surface area contributed by atoms with Crippen LogP contribution in [0.3, 0.4) is 0 Å². The molecule has 7 heteroatoms. The summed E-state index contributed by atoms with van der Waals surface area (Å²) < 4.78 is 0. The summed E-state index contributed by atoms with van der Waals surface area (Å²) in [6.07, 6.45) is 0. The van der Waals surface area contributed by atoms with Gasteiger partial charge in [0.25, 0.3) is 0 Å². The Morgan fingerprint density at radius 3 is 0.571 bits per heavy atom. The topological polar surface area (TPSA) is 114 Å². The second-order valence-corrected chi connectivity index (χ2v) is 0. The molecule has 0 aliphatic carbocycles. The first-order valence-corrected chi connectivity index (χ1v) is 0. The van der Waals surface area contributed by atoms with Gasteiger partial charge in [-0.25, -0.2) is 0 Å². The van der Waals surface area contributed by atoms with E-state index < -0.39 is 0 Å².